The Morgan fingerprint density at radius 1 is 1.35 bits per heavy atom. The average molecular weight is 256 g/mol. The van der Waals surface area contributed by atoms with Gasteiger partial charge < -0.3 is 9.47 Å². The van der Waals surface area contributed by atoms with E-state index in [1.54, 1.807) is 18.2 Å². The highest BCUT2D eigenvalue weighted by Crippen LogP contribution is 2.16. The first-order chi connectivity index (χ1) is 8.08. The van der Waals surface area contributed by atoms with Gasteiger partial charge in [-0.25, -0.2) is 0 Å². The van der Waals surface area contributed by atoms with Gasteiger partial charge in [0.25, 0.3) is 0 Å². The number of benzene rings is 1. The molecule has 0 aliphatic heterocycles. The second-order valence-corrected chi connectivity index (χ2v) is 3.77. The maximum atomic E-state index is 11.4. The van der Waals surface area contributed by atoms with E-state index in [-0.39, 0.29) is 6.42 Å². The maximum absolute atomic E-state index is 11.4. The summed E-state index contributed by atoms with van der Waals surface area (Å²) in [5.74, 6) is -2.25. The van der Waals surface area contributed by atoms with Crippen LogP contribution in [0.25, 0.3) is 0 Å². The van der Waals surface area contributed by atoms with Gasteiger partial charge in [-0.2, -0.15) is 0 Å². The summed E-state index contributed by atoms with van der Waals surface area (Å²) < 4.78 is 9.10. The third-order valence-corrected chi connectivity index (χ3v) is 2.45. The minimum atomic E-state index is -0.986. The second-order valence-electron chi connectivity index (χ2n) is 3.34. The van der Waals surface area contributed by atoms with Crippen molar-refractivity contribution >= 4 is 23.5 Å². The monoisotopic (exact) mass is 255 g/mol. The van der Waals surface area contributed by atoms with Crippen molar-refractivity contribution in [2.75, 3.05) is 14.2 Å². The average Bonchev–Trinajstić information content (AvgIpc) is 2.34. The summed E-state index contributed by atoms with van der Waals surface area (Å²) in [6.07, 6.45) is 0.153. The van der Waals surface area contributed by atoms with Crippen LogP contribution >= 0.6 is 11.6 Å². The first-order valence-electron chi connectivity index (χ1n) is 4.90. The molecule has 0 unspecified atom stereocenters. The first kappa shape index (κ1) is 13.5. The van der Waals surface area contributed by atoms with Crippen molar-refractivity contribution in [1.29, 1.82) is 0 Å². The number of hydrogen-bond acceptors (Lipinski definition) is 4. The van der Waals surface area contributed by atoms with Crippen molar-refractivity contribution in [2.24, 2.45) is 5.92 Å². The zero-order chi connectivity index (χ0) is 12.8. The fraction of sp³-hybridized carbons (Fsp3) is 0.333. The Labute approximate surface area is 104 Å². The van der Waals surface area contributed by atoms with Crippen molar-refractivity contribution in [3.63, 3.8) is 0 Å². The number of carbonyl (C=O) groups is 2. The molecule has 1 aromatic carbocycles. The largest absolute Gasteiger partial charge is 0.468 e. The van der Waals surface area contributed by atoms with Crippen LogP contribution < -0.4 is 0 Å². The Kier molecular flexibility index (Phi) is 4.97. The molecule has 1 rings (SSSR count). The van der Waals surface area contributed by atoms with Crippen LogP contribution in [-0.2, 0) is 25.5 Å². The predicted octanol–water partition coefficient (Wildman–Crippen LogP) is 1.64. The third-order valence-electron chi connectivity index (χ3n) is 2.22. The van der Waals surface area contributed by atoms with Gasteiger partial charge in [-0.3, -0.25) is 9.59 Å². The van der Waals surface area contributed by atoms with Crippen molar-refractivity contribution in [3.8, 4) is 0 Å². The van der Waals surface area contributed by atoms with Gasteiger partial charge in [0, 0.05) is 5.02 Å². The summed E-state index contributed by atoms with van der Waals surface area (Å²) in [4.78, 5) is 22.9. The van der Waals surface area contributed by atoms with Gasteiger partial charge in [-0.05, 0) is 30.2 Å². The molecule has 4 nitrogen and oxygen atoms in total. The van der Waals surface area contributed by atoms with Crippen LogP contribution in [0.2, 0.25) is 5.02 Å². The van der Waals surface area contributed by atoms with Crippen LogP contribution in [0.15, 0.2) is 18.2 Å². The quantitative estimate of drug-likeness (QED) is 0.606. The van der Waals surface area contributed by atoms with E-state index in [9.17, 15) is 9.59 Å². The molecular formula is C12H12ClO4. The fourth-order valence-corrected chi connectivity index (χ4v) is 1.56. The number of ether oxygens (including phenoxy) is 2. The standard InChI is InChI=1S/C12H12ClO4/c1-16-11(14)10(12(15)17-2)7-8-4-3-5-9(13)6-8/h3,5-6,10H,7H2,1-2H3. The Morgan fingerprint density at radius 3 is 2.41 bits per heavy atom. The van der Waals surface area contributed by atoms with Crippen LogP contribution in [0.1, 0.15) is 5.56 Å². The smallest absolute Gasteiger partial charge is 0.320 e. The molecule has 0 spiro atoms. The van der Waals surface area contributed by atoms with Crippen molar-refractivity contribution in [2.45, 2.75) is 6.42 Å². The van der Waals surface area contributed by atoms with Gasteiger partial charge >= 0.3 is 11.9 Å². The topological polar surface area (TPSA) is 52.6 Å². The molecule has 0 saturated heterocycles. The van der Waals surface area contributed by atoms with Crippen LogP contribution in [0, 0.1) is 12.0 Å². The zero-order valence-corrected chi connectivity index (χ0v) is 10.3. The van der Waals surface area contributed by atoms with Crippen LogP contribution in [0.4, 0.5) is 0 Å². The van der Waals surface area contributed by atoms with Gasteiger partial charge in [0.2, 0.25) is 0 Å². The molecule has 0 aliphatic rings. The summed E-state index contributed by atoms with van der Waals surface area (Å²) in [7, 11) is 2.44. The van der Waals surface area contributed by atoms with Crippen molar-refractivity contribution in [3.05, 3.63) is 34.9 Å². The predicted molar refractivity (Wildman–Crippen MR) is 61.5 cm³/mol. The van der Waals surface area contributed by atoms with E-state index in [0.29, 0.717) is 10.6 Å². The molecule has 17 heavy (non-hydrogen) atoms. The molecule has 0 saturated carbocycles. The molecular weight excluding hydrogens is 244 g/mol. The van der Waals surface area contributed by atoms with Crippen LogP contribution in [0.5, 0.6) is 0 Å². The number of hydrogen-bond donors (Lipinski definition) is 0. The lowest BCUT2D eigenvalue weighted by Gasteiger charge is -2.12. The second kappa shape index (κ2) is 6.25. The normalized spacial score (nSPS) is 10.1. The molecule has 0 atom stereocenters. The lowest BCUT2D eigenvalue weighted by Crippen LogP contribution is -2.28. The molecule has 0 N–H and O–H groups in total. The number of carbonyl (C=O) groups excluding carboxylic acids is 2. The molecule has 0 heterocycles. The van der Waals surface area contributed by atoms with Crippen molar-refractivity contribution in [1.82, 2.24) is 0 Å². The Morgan fingerprint density at radius 2 is 1.94 bits per heavy atom. The van der Waals surface area contributed by atoms with E-state index in [4.69, 9.17) is 11.6 Å². The molecule has 91 valence electrons. The first-order valence-corrected chi connectivity index (χ1v) is 5.28. The lowest BCUT2D eigenvalue weighted by atomic mass is 9.99. The molecule has 0 aromatic heterocycles. The summed E-state index contributed by atoms with van der Waals surface area (Å²) in [5.41, 5.74) is 0.651. The minimum Gasteiger partial charge on any atom is -0.468 e. The van der Waals surface area contributed by atoms with Crippen LogP contribution in [0.3, 0.4) is 0 Å². The molecule has 0 amide bonds. The highest BCUT2D eigenvalue weighted by Gasteiger charge is 2.28. The molecule has 1 aromatic rings. The van der Waals surface area contributed by atoms with E-state index in [1.807, 2.05) is 0 Å². The van der Waals surface area contributed by atoms with E-state index >= 15 is 0 Å². The number of rotatable bonds is 4. The number of halogens is 1. The third kappa shape index (κ3) is 3.75. The molecule has 0 bridgehead atoms. The number of esters is 2. The van der Waals surface area contributed by atoms with E-state index in [0.717, 1.165) is 0 Å². The molecule has 1 radical (unpaired) electrons. The van der Waals surface area contributed by atoms with E-state index in [2.05, 4.69) is 15.5 Å². The highest BCUT2D eigenvalue weighted by molar-refractivity contribution is 6.30. The minimum absolute atomic E-state index is 0.153. The van der Waals surface area contributed by atoms with Crippen molar-refractivity contribution < 1.29 is 19.1 Å². The zero-order valence-electron chi connectivity index (χ0n) is 9.53. The summed E-state index contributed by atoms with van der Waals surface area (Å²) >= 11 is 5.80. The van der Waals surface area contributed by atoms with Gasteiger partial charge in [0.1, 0.15) is 0 Å². The number of methoxy groups -OCH3 is 2. The highest BCUT2D eigenvalue weighted by atomic mass is 35.5. The Balaban J connectivity index is 2.86. The lowest BCUT2D eigenvalue weighted by molar-refractivity contribution is -0.158. The van der Waals surface area contributed by atoms with Gasteiger partial charge in [0.15, 0.2) is 5.92 Å². The molecule has 5 heteroatoms. The maximum Gasteiger partial charge on any atom is 0.320 e. The van der Waals surface area contributed by atoms with E-state index < -0.39 is 17.9 Å². The Bertz CT molecular complexity index is 401. The van der Waals surface area contributed by atoms with E-state index in [1.165, 1.54) is 14.2 Å². The molecule has 0 fully saturated rings. The fourth-order valence-electron chi connectivity index (χ4n) is 1.37. The van der Waals surface area contributed by atoms with Gasteiger partial charge in [-0.15, -0.1) is 0 Å². The summed E-state index contributed by atoms with van der Waals surface area (Å²) in [5, 5.41) is 0.521. The summed E-state index contributed by atoms with van der Waals surface area (Å²) in [6.45, 7) is 0. The van der Waals surface area contributed by atoms with Crippen LogP contribution in [-0.4, -0.2) is 26.2 Å². The SMILES string of the molecule is COC(=O)C(Cc1[c]ccc(Cl)c1)C(=O)OC. The van der Waals surface area contributed by atoms with Gasteiger partial charge in [0.05, 0.1) is 14.2 Å². The Hall–Kier alpha value is -1.55. The molecule has 0 aliphatic carbocycles. The summed E-state index contributed by atoms with van der Waals surface area (Å²) in [6, 6.07) is 7.83. The van der Waals surface area contributed by atoms with Gasteiger partial charge in [-0.1, -0.05) is 17.7 Å².